The molecule has 1 aromatic carbocycles. The Morgan fingerprint density at radius 1 is 1.28 bits per heavy atom. The second-order valence-corrected chi connectivity index (χ2v) is 4.51. The number of aromatic nitrogens is 2. The molecule has 0 unspecified atom stereocenters. The van der Waals surface area contributed by atoms with Crippen LogP contribution in [-0.2, 0) is 0 Å². The van der Waals surface area contributed by atoms with E-state index in [9.17, 15) is 5.11 Å². The number of β-amino-alcohol motifs (C(OH)–C–C–N with tert-alkyl or cyclic N) is 1. The predicted octanol–water partition coefficient (Wildman–Crippen LogP) is 1.70. The van der Waals surface area contributed by atoms with Crippen LogP contribution < -0.4 is 4.90 Å². The van der Waals surface area contributed by atoms with Gasteiger partial charge in [0.05, 0.1) is 6.10 Å². The van der Waals surface area contributed by atoms with Crippen molar-refractivity contribution in [3.05, 3.63) is 30.3 Å². The van der Waals surface area contributed by atoms with Gasteiger partial charge in [-0.2, -0.15) is 4.98 Å². The number of aliphatic hydroxyl groups is 1. The van der Waals surface area contributed by atoms with Crippen molar-refractivity contribution in [2.75, 3.05) is 18.0 Å². The molecule has 1 atom stereocenters. The smallest absolute Gasteiger partial charge is 0.324 e. The summed E-state index contributed by atoms with van der Waals surface area (Å²) in [6.45, 7) is 1.42. The van der Waals surface area contributed by atoms with Gasteiger partial charge in [-0.1, -0.05) is 35.5 Å². The monoisotopic (exact) mass is 245 g/mol. The molecule has 0 spiro atoms. The largest absolute Gasteiger partial charge is 0.391 e. The average molecular weight is 245 g/mol. The lowest BCUT2D eigenvalue weighted by Gasteiger charge is -2.27. The van der Waals surface area contributed by atoms with Gasteiger partial charge >= 0.3 is 6.01 Å². The van der Waals surface area contributed by atoms with Crippen molar-refractivity contribution in [3.63, 3.8) is 0 Å². The summed E-state index contributed by atoms with van der Waals surface area (Å²) >= 11 is 0. The normalized spacial score (nSPS) is 20.1. The summed E-state index contributed by atoms with van der Waals surface area (Å²) in [5.41, 5.74) is 0.935. The van der Waals surface area contributed by atoms with E-state index >= 15 is 0 Å². The van der Waals surface area contributed by atoms with E-state index in [4.69, 9.17) is 4.52 Å². The number of piperidine rings is 1. The molecule has 0 aliphatic carbocycles. The summed E-state index contributed by atoms with van der Waals surface area (Å²) in [7, 11) is 0. The Balaban J connectivity index is 1.81. The zero-order valence-electron chi connectivity index (χ0n) is 9.99. The van der Waals surface area contributed by atoms with Gasteiger partial charge in [-0.05, 0) is 12.8 Å². The molecule has 0 amide bonds. The van der Waals surface area contributed by atoms with Crippen LogP contribution in [0.5, 0.6) is 0 Å². The van der Waals surface area contributed by atoms with Crippen LogP contribution in [0, 0.1) is 0 Å². The minimum absolute atomic E-state index is 0.300. The number of nitrogens with zero attached hydrogens (tertiary/aromatic N) is 3. The van der Waals surface area contributed by atoms with Gasteiger partial charge in [0.25, 0.3) is 0 Å². The minimum Gasteiger partial charge on any atom is -0.391 e. The third kappa shape index (κ3) is 2.22. The summed E-state index contributed by atoms with van der Waals surface area (Å²) in [6, 6.07) is 10.2. The average Bonchev–Trinajstić information content (AvgIpc) is 2.89. The van der Waals surface area contributed by atoms with Gasteiger partial charge in [-0.3, -0.25) is 0 Å². The second-order valence-electron chi connectivity index (χ2n) is 4.51. The molecular formula is C13H15N3O2. The molecule has 3 rings (SSSR count). The molecule has 1 aromatic heterocycles. The summed E-state index contributed by atoms with van der Waals surface area (Å²) in [4.78, 5) is 6.31. The van der Waals surface area contributed by atoms with Gasteiger partial charge in [0.15, 0.2) is 0 Å². The highest BCUT2D eigenvalue weighted by atomic mass is 16.5. The fourth-order valence-electron chi connectivity index (χ4n) is 2.18. The summed E-state index contributed by atoms with van der Waals surface area (Å²) in [6.07, 6.45) is 1.49. The molecule has 1 aliphatic rings. The molecule has 0 saturated carbocycles. The fraction of sp³-hybridized carbons (Fsp3) is 0.385. The van der Waals surface area contributed by atoms with Gasteiger partial charge in [-0.25, -0.2) is 0 Å². The first kappa shape index (κ1) is 11.2. The molecule has 2 heterocycles. The van der Waals surface area contributed by atoms with Gasteiger partial charge in [0.1, 0.15) is 0 Å². The maximum absolute atomic E-state index is 9.63. The van der Waals surface area contributed by atoms with Crippen molar-refractivity contribution in [2.24, 2.45) is 0 Å². The summed E-state index contributed by atoms with van der Waals surface area (Å²) in [5, 5.41) is 13.6. The van der Waals surface area contributed by atoms with E-state index < -0.39 is 0 Å². The van der Waals surface area contributed by atoms with Crippen LogP contribution in [0.1, 0.15) is 12.8 Å². The van der Waals surface area contributed by atoms with Crippen molar-refractivity contribution in [3.8, 4) is 11.4 Å². The van der Waals surface area contributed by atoms with Gasteiger partial charge < -0.3 is 14.5 Å². The van der Waals surface area contributed by atoms with Gasteiger partial charge in [0, 0.05) is 18.7 Å². The standard InChI is InChI=1S/C13H15N3O2/c17-11-7-4-8-16(9-11)13-14-12(15-18-13)10-5-2-1-3-6-10/h1-3,5-6,11,17H,4,7-9H2/t11-/m0/s1. The van der Waals surface area contributed by atoms with Crippen LogP contribution in [0.25, 0.3) is 11.4 Å². The summed E-state index contributed by atoms with van der Waals surface area (Å²) in [5.74, 6) is 0.589. The van der Waals surface area contributed by atoms with Crippen LogP contribution in [0.15, 0.2) is 34.9 Å². The van der Waals surface area contributed by atoms with E-state index in [1.54, 1.807) is 0 Å². The Labute approximate surface area is 105 Å². The van der Waals surface area contributed by atoms with Crippen LogP contribution in [0.3, 0.4) is 0 Å². The van der Waals surface area contributed by atoms with E-state index in [0.29, 0.717) is 18.4 Å². The first-order valence-electron chi connectivity index (χ1n) is 6.15. The van der Waals surface area contributed by atoms with Crippen molar-refractivity contribution in [2.45, 2.75) is 18.9 Å². The van der Waals surface area contributed by atoms with Crippen LogP contribution in [0.4, 0.5) is 6.01 Å². The molecule has 0 radical (unpaired) electrons. The number of anilines is 1. The van der Waals surface area contributed by atoms with Crippen molar-refractivity contribution < 1.29 is 9.63 Å². The van der Waals surface area contributed by atoms with E-state index in [0.717, 1.165) is 24.9 Å². The van der Waals surface area contributed by atoms with E-state index in [1.807, 2.05) is 35.2 Å². The molecular weight excluding hydrogens is 230 g/mol. The Hall–Kier alpha value is -1.88. The van der Waals surface area contributed by atoms with Gasteiger partial charge in [-0.15, -0.1) is 0 Å². The highest BCUT2D eigenvalue weighted by Crippen LogP contribution is 2.22. The molecule has 1 aliphatic heterocycles. The maximum atomic E-state index is 9.63. The quantitative estimate of drug-likeness (QED) is 0.872. The first-order valence-corrected chi connectivity index (χ1v) is 6.15. The molecule has 18 heavy (non-hydrogen) atoms. The predicted molar refractivity (Wildman–Crippen MR) is 67.2 cm³/mol. The number of hydrogen-bond acceptors (Lipinski definition) is 5. The molecule has 5 heteroatoms. The molecule has 5 nitrogen and oxygen atoms in total. The fourth-order valence-corrected chi connectivity index (χ4v) is 2.18. The molecule has 0 bridgehead atoms. The van der Waals surface area contributed by atoms with E-state index in [1.165, 1.54) is 0 Å². The highest BCUT2D eigenvalue weighted by Gasteiger charge is 2.22. The Kier molecular flexibility index (Phi) is 2.98. The summed E-state index contributed by atoms with van der Waals surface area (Å²) < 4.78 is 5.26. The lowest BCUT2D eigenvalue weighted by atomic mass is 10.1. The minimum atomic E-state index is -0.300. The van der Waals surface area contributed by atoms with Crippen molar-refractivity contribution >= 4 is 6.01 Å². The zero-order valence-corrected chi connectivity index (χ0v) is 9.99. The molecule has 1 saturated heterocycles. The number of aliphatic hydroxyl groups excluding tert-OH is 1. The SMILES string of the molecule is O[C@H]1CCCN(c2nc(-c3ccccc3)no2)C1. The molecule has 1 N–H and O–H groups in total. The Morgan fingerprint density at radius 2 is 2.11 bits per heavy atom. The molecule has 1 fully saturated rings. The lowest BCUT2D eigenvalue weighted by Crippen LogP contribution is -2.38. The van der Waals surface area contributed by atoms with Gasteiger partial charge in [0.2, 0.25) is 5.82 Å². The van der Waals surface area contributed by atoms with Crippen LogP contribution in [-0.4, -0.2) is 34.4 Å². The Morgan fingerprint density at radius 3 is 2.89 bits per heavy atom. The number of hydrogen-bond donors (Lipinski definition) is 1. The Bertz CT molecular complexity index is 512. The maximum Gasteiger partial charge on any atom is 0.324 e. The second kappa shape index (κ2) is 4.78. The topological polar surface area (TPSA) is 62.4 Å². The number of rotatable bonds is 2. The number of benzene rings is 1. The third-order valence-corrected chi connectivity index (χ3v) is 3.11. The van der Waals surface area contributed by atoms with Crippen molar-refractivity contribution in [1.82, 2.24) is 10.1 Å². The first-order chi connectivity index (χ1) is 8.83. The van der Waals surface area contributed by atoms with E-state index in [2.05, 4.69) is 10.1 Å². The zero-order chi connectivity index (χ0) is 12.4. The van der Waals surface area contributed by atoms with E-state index in [-0.39, 0.29) is 6.10 Å². The molecule has 94 valence electrons. The highest BCUT2D eigenvalue weighted by molar-refractivity contribution is 5.55. The van der Waals surface area contributed by atoms with Crippen LogP contribution >= 0.6 is 0 Å². The molecule has 2 aromatic rings. The lowest BCUT2D eigenvalue weighted by molar-refractivity contribution is 0.151. The van der Waals surface area contributed by atoms with Crippen LogP contribution in [0.2, 0.25) is 0 Å². The van der Waals surface area contributed by atoms with Crippen molar-refractivity contribution in [1.29, 1.82) is 0 Å². The third-order valence-electron chi connectivity index (χ3n) is 3.11.